The van der Waals surface area contributed by atoms with Crippen LogP contribution in [0.15, 0.2) is 10.5 Å². The number of hydrogen-bond acceptors (Lipinski definition) is 2. The van der Waals surface area contributed by atoms with Crippen molar-refractivity contribution in [3.8, 4) is 5.75 Å². The molecule has 1 aromatic heterocycles. The van der Waals surface area contributed by atoms with Gasteiger partial charge in [0.1, 0.15) is 3.70 Å². The van der Waals surface area contributed by atoms with Gasteiger partial charge in [0.15, 0.2) is 5.75 Å². The van der Waals surface area contributed by atoms with E-state index in [1.807, 2.05) is 29.5 Å². The normalized spacial score (nSPS) is 9.90. The second-order valence-corrected chi connectivity index (χ2v) is 3.76. The summed E-state index contributed by atoms with van der Waals surface area (Å²) in [5.74, 6) is 0.214. The van der Waals surface area contributed by atoms with Gasteiger partial charge in [-0.3, -0.25) is 0 Å². The van der Waals surface area contributed by atoms with Crippen LogP contribution < -0.4 is 0 Å². The molecule has 0 saturated heterocycles. The predicted octanol–water partition coefficient (Wildman–Crippen LogP) is 2.46. The average molecular weight is 314 g/mol. The molecule has 2 nitrogen and oxygen atoms in total. The molecule has 0 amide bonds. The van der Waals surface area contributed by atoms with E-state index >= 15 is 0 Å². The van der Waals surface area contributed by atoms with Crippen molar-refractivity contribution in [2.24, 2.45) is 0 Å². The molecule has 0 radical (unpaired) electrons. The number of halogens is 2. The molecule has 1 rings (SSSR count). The Morgan fingerprint density at radius 2 is 2.30 bits per heavy atom. The van der Waals surface area contributed by atoms with Gasteiger partial charge in [0.05, 0.1) is 4.47 Å². The first-order valence-corrected chi connectivity index (χ1v) is 4.50. The van der Waals surface area contributed by atoms with Crippen LogP contribution in [0.5, 0.6) is 5.75 Å². The lowest BCUT2D eigenvalue weighted by Gasteiger charge is -1.99. The summed E-state index contributed by atoms with van der Waals surface area (Å²) in [6.45, 7) is 1.88. The molecule has 10 heavy (non-hydrogen) atoms. The third-order valence-corrected chi connectivity index (χ3v) is 2.39. The Labute approximate surface area is 80.9 Å². The number of aryl methyl sites for hydroxylation is 1. The highest BCUT2D eigenvalue weighted by molar-refractivity contribution is 14.1. The number of aromatic nitrogens is 1. The average Bonchev–Trinajstić information content (AvgIpc) is 1.82. The molecular formula is C6H5BrINO. The van der Waals surface area contributed by atoms with Crippen LogP contribution in [0.1, 0.15) is 5.69 Å². The van der Waals surface area contributed by atoms with Gasteiger partial charge < -0.3 is 5.11 Å². The third kappa shape index (κ3) is 1.60. The fraction of sp³-hybridized carbons (Fsp3) is 0.167. The van der Waals surface area contributed by atoms with Gasteiger partial charge in [0.25, 0.3) is 0 Å². The second kappa shape index (κ2) is 3.04. The van der Waals surface area contributed by atoms with Crippen LogP contribution in [0.25, 0.3) is 0 Å². The van der Waals surface area contributed by atoms with Crippen LogP contribution in [0, 0.1) is 10.6 Å². The largest absolute Gasteiger partial charge is 0.504 e. The van der Waals surface area contributed by atoms with E-state index in [-0.39, 0.29) is 5.75 Å². The molecular weight excluding hydrogens is 309 g/mol. The number of nitrogens with zero attached hydrogens (tertiary/aromatic N) is 1. The zero-order valence-corrected chi connectivity index (χ0v) is 8.97. The maximum absolute atomic E-state index is 9.21. The van der Waals surface area contributed by atoms with Gasteiger partial charge in [-0.25, -0.2) is 4.98 Å². The SMILES string of the molecule is Cc1cc(Br)c(O)c(I)n1. The van der Waals surface area contributed by atoms with E-state index in [0.29, 0.717) is 8.17 Å². The van der Waals surface area contributed by atoms with E-state index in [1.54, 1.807) is 6.07 Å². The van der Waals surface area contributed by atoms with Crippen molar-refractivity contribution in [1.82, 2.24) is 4.98 Å². The molecule has 0 aliphatic carbocycles. The fourth-order valence-electron chi connectivity index (χ4n) is 0.590. The van der Waals surface area contributed by atoms with E-state index < -0.39 is 0 Å². The maximum atomic E-state index is 9.21. The Hall–Kier alpha value is 0.160. The van der Waals surface area contributed by atoms with Gasteiger partial charge in [0, 0.05) is 5.69 Å². The van der Waals surface area contributed by atoms with Crippen molar-refractivity contribution in [3.05, 3.63) is 19.9 Å². The van der Waals surface area contributed by atoms with Crippen LogP contribution in [0.2, 0.25) is 0 Å². The van der Waals surface area contributed by atoms with Crippen LogP contribution in [0.4, 0.5) is 0 Å². The molecule has 0 fully saturated rings. The van der Waals surface area contributed by atoms with Gasteiger partial charge in [-0.15, -0.1) is 0 Å². The van der Waals surface area contributed by atoms with Crippen molar-refractivity contribution in [1.29, 1.82) is 0 Å². The highest BCUT2D eigenvalue weighted by atomic mass is 127. The molecule has 0 atom stereocenters. The van der Waals surface area contributed by atoms with E-state index in [4.69, 9.17) is 0 Å². The van der Waals surface area contributed by atoms with Gasteiger partial charge in [-0.05, 0) is 51.5 Å². The van der Waals surface area contributed by atoms with E-state index in [9.17, 15) is 5.11 Å². The van der Waals surface area contributed by atoms with E-state index in [1.165, 1.54) is 0 Å². The lowest BCUT2D eigenvalue weighted by atomic mass is 10.4. The molecule has 54 valence electrons. The number of rotatable bonds is 0. The van der Waals surface area contributed by atoms with Crippen molar-refractivity contribution < 1.29 is 5.11 Å². The zero-order valence-electron chi connectivity index (χ0n) is 5.23. The molecule has 0 unspecified atom stereocenters. The fourth-order valence-corrected chi connectivity index (χ4v) is 2.15. The second-order valence-electron chi connectivity index (χ2n) is 1.88. The molecule has 0 aliphatic heterocycles. The summed E-state index contributed by atoms with van der Waals surface area (Å²) in [6, 6.07) is 1.78. The van der Waals surface area contributed by atoms with Crippen LogP contribution in [-0.2, 0) is 0 Å². The summed E-state index contributed by atoms with van der Waals surface area (Å²) in [5, 5.41) is 9.21. The Morgan fingerprint density at radius 3 is 2.80 bits per heavy atom. The number of aromatic hydroxyl groups is 1. The zero-order chi connectivity index (χ0) is 7.72. The minimum absolute atomic E-state index is 0.214. The molecule has 0 aromatic carbocycles. The van der Waals surface area contributed by atoms with Gasteiger partial charge in [0.2, 0.25) is 0 Å². The summed E-state index contributed by atoms with van der Waals surface area (Å²) < 4.78 is 1.33. The standard InChI is InChI=1S/C6H5BrINO/c1-3-2-4(7)5(10)6(8)9-3/h2,10H,1H3. The van der Waals surface area contributed by atoms with Crippen LogP contribution in [-0.4, -0.2) is 10.1 Å². The summed E-state index contributed by atoms with van der Waals surface area (Å²) in [7, 11) is 0. The highest BCUT2D eigenvalue weighted by Crippen LogP contribution is 2.27. The van der Waals surface area contributed by atoms with Crippen molar-refractivity contribution in [3.63, 3.8) is 0 Å². The minimum atomic E-state index is 0.214. The topological polar surface area (TPSA) is 33.1 Å². The van der Waals surface area contributed by atoms with Gasteiger partial charge >= 0.3 is 0 Å². The van der Waals surface area contributed by atoms with E-state index in [0.717, 1.165) is 5.69 Å². The van der Waals surface area contributed by atoms with Gasteiger partial charge in [-0.2, -0.15) is 0 Å². The van der Waals surface area contributed by atoms with Crippen molar-refractivity contribution in [2.75, 3.05) is 0 Å². The first kappa shape index (κ1) is 8.26. The minimum Gasteiger partial charge on any atom is -0.504 e. The number of pyridine rings is 1. The Balaban J connectivity index is 3.31. The molecule has 0 aliphatic rings. The molecule has 1 N–H and O–H groups in total. The van der Waals surface area contributed by atoms with Gasteiger partial charge in [-0.1, -0.05) is 0 Å². The smallest absolute Gasteiger partial charge is 0.161 e. The Morgan fingerprint density at radius 1 is 1.70 bits per heavy atom. The maximum Gasteiger partial charge on any atom is 0.161 e. The van der Waals surface area contributed by atoms with Crippen LogP contribution >= 0.6 is 38.5 Å². The molecule has 0 spiro atoms. The molecule has 0 saturated carbocycles. The first-order chi connectivity index (χ1) is 4.61. The summed E-state index contributed by atoms with van der Waals surface area (Å²) in [4.78, 5) is 4.04. The predicted molar refractivity (Wildman–Crippen MR) is 51.1 cm³/mol. The van der Waals surface area contributed by atoms with Crippen molar-refractivity contribution >= 4 is 38.5 Å². The summed E-state index contributed by atoms with van der Waals surface area (Å²) in [6.07, 6.45) is 0. The van der Waals surface area contributed by atoms with Crippen LogP contribution in [0.3, 0.4) is 0 Å². The Bertz CT molecular complexity index is 241. The van der Waals surface area contributed by atoms with Crippen molar-refractivity contribution in [2.45, 2.75) is 6.92 Å². The van der Waals surface area contributed by atoms with E-state index in [2.05, 4.69) is 20.9 Å². The monoisotopic (exact) mass is 313 g/mol. The lowest BCUT2D eigenvalue weighted by molar-refractivity contribution is 0.464. The molecule has 1 aromatic rings. The molecule has 4 heteroatoms. The summed E-state index contributed by atoms with van der Waals surface area (Å²) in [5.41, 5.74) is 0.897. The lowest BCUT2D eigenvalue weighted by Crippen LogP contribution is -1.85. The number of hydrogen-bond donors (Lipinski definition) is 1. The first-order valence-electron chi connectivity index (χ1n) is 2.63. The highest BCUT2D eigenvalue weighted by Gasteiger charge is 2.03. The molecule has 0 bridgehead atoms. The molecule has 1 heterocycles. The summed E-state index contributed by atoms with van der Waals surface area (Å²) >= 11 is 5.19. The Kier molecular flexibility index (Phi) is 2.51. The quantitative estimate of drug-likeness (QED) is 0.589. The third-order valence-electron chi connectivity index (χ3n) is 1.03.